The van der Waals surface area contributed by atoms with Crippen LogP contribution in [0.15, 0.2) is 77.9 Å². The van der Waals surface area contributed by atoms with Crippen LogP contribution in [0.2, 0.25) is 0 Å². The van der Waals surface area contributed by atoms with E-state index in [9.17, 15) is 14.0 Å². The van der Waals surface area contributed by atoms with E-state index in [4.69, 9.17) is 4.74 Å². The van der Waals surface area contributed by atoms with Crippen molar-refractivity contribution in [3.05, 3.63) is 89.8 Å². The van der Waals surface area contributed by atoms with E-state index >= 15 is 0 Å². The molecule has 5 nitrogen and oxygen atoms in total. The fourth-order valence-corrected chi connectivity index (χ4v) is 5.42. The van der Waals surface area contributed by atoms with Crippen LogP contribution in [0.4, 0.5) is 4.39 Å². The van der Waals surface area contributed by atoms with Gasteiger partial charge >= 0.3 is 0 Å². The number of imide groups is 1. The minimum absolute atomic E-state index is 0.0482. The van der Waals surface area contributed by atoms with E-state index in [0.29, 0.717) is 16.9 Å². The van der Waals surface area contributed by atoms with Gasteiger partial charge in [0, 0.05) is 11.1 Å². The lowest BCUT2D eigenvalue weighted by Gasteiger charge is -2.14. The fraction of sp³-hybridized carbons (Fsp3) is 0.222. The number of carbonyl (C=O) groups is 2. The van der Waals surface area contributed by atoms with Crippen molar-refractivity contribution in [1.29, 1.82) is 0 Å². The molecule has 0 radical (unpaired) electrons. The molecule has 2 amide bonds. The standard InChI is InChI=1S/C27H21FN2O3/c28-22-8-4-2-6-19(22)15-33-23-12-11-16-5-1-3-7-20(16)21(23)14-29-30-26(31)24-17-9-10-18(13-17)25(24)27(30)32/h1-12,14,17-18,24-25H,13,15H2. The second-order valence-corrected chi connectivity index (χ2v) is 8.81. The van der Waals surface area contributed by atoms with Crippen LogP contribution in [0.3, 0.4) is 0 Å². The van der Waals surface area contributed by atoms with Crippen molar-refractivity contribution in [3.63, 3.8) is 0 Å². The van der Waals surface area contributed by atoms with E-state index < -0.39 is 0 Å². The predicted octanol–water partition coefficient (Wildman–Crippen LogP) is 4.70. The van der Waals surface area contributed by atoms with Crippen LogP contribution in [0.25, 0.3) is 10.8 Å². The number of ether oxygens (including phenoxy) is 1. The van der Waals surface area contributed by atoms with Crippen molar-refractivity contribution in [3.8, 4) is 5.75 Å². The number of nitrogens with zero attached hydrogens (tertiary/aromatic N) is 2. The van der Waals surface area contributed by atoms with Gasteiger partial charge in [-0.2, -0.15) is 10.1 Å². The lowest BCUT2D eigenvalue weighted by atomic mass is 9.85. The van der Waals surface area contributed by atoms with Crippen LogP contribution in [0, 0.1) is 29.5 Å². The number of amides is 2. The van der Waals surface area contributed by atoms with Gasteiger partial charge in [0.25, 0.3) is 11.8 Å². The Balaban J connectivity index is 1.33. The monoisotopic (exact) mass is 440 g/mol. The van der Waals surface area contributed by atoms with Crippen LogP contribution >= 0.6 is 0 Å². The molecular weight excluding hydrogens is 419 g/mol. The normalized spacial score (nSPS) is 25.5. The van der Waals surface area contributed by atoms with Crippen LogP contribution in [-0.2, 0) is 16.2 Å². The third-order valence-electron chi connectivity index (χ3n) is 7.02. The SMILES string of the molecule is O=C1C2C3C=CC(C3)C2C(=O)N1N=Cc1c(OCc2ccccc2F)ccc2ccccc12. The van der Waals surface area contributed by atoms with Gasteiger partial charge in [0.05, 0.1) is 18.1 Å². The van der Waals surface area contributed by atoms with E-state index in [2.05, 4.69) is 17.3 Å². The first-order valence-electron chi connectivity index (χ1n) is 11.1. The number of carbonyl (C=O) groups excluding carboxylic acids is 2. The topological polar surface area (TPSA) is 59.0 Å². The second kappa shape index (κ2) is 7.66. The van der Waals surface area contributed by atoms with Crippen molar-refractivity contribution in [2.45, 2.75) is 13.0 Å². The molecule has 1 saturated carbocycles. The minimum Gasteiger partial charge on any atom is -0.488 e. The Morgan fingerprint density at radius 2 is 1.64 bits per heavy atom. The molecule has 3 aromatic rings. The molecule has 6 heteroatoms. The Hall–Kier alpha value is -3.80. The summed E-state index contributed by atoms with van der Waals surface area (Å²) < 4.78 is 20.0. The smallest absolute Gasteiger partial charge is 0.254 e. The van der Waals surface area contributed by atoms with E-state index in [1.54, 1.807) is 24.3 Å². The highest BCUT2D eigenvalue weighted by Crippen LogP contribution is 2.52. The maximum absolute atomic E-state index is 14.1. The van der Waals surface area contributed by atoms with Gasteiger partial charge in [0.1, 0.15) is 18.2 Å². The number of hydrogen-bond acceptors (Lipinski definition) is 4. The number of hydrazone groups is 1. The van der Waals surface area contributed by atoms with Gasteiger partial charge < -0.3 is 4.74 Å². The molecule has 2 fully saturated rings. The molecule has 3 aliphatic rings. The van der Waals surface area contributed by atoms with Crippen molar-refractivity contribution in [2.75, 3.05) is 0 Å². The van der Waals surface area contributed by atoms with Crippen LogP contribution in [-0.4, -0.2) is 23.0 Å². The first kappa shape index (κ1) is 19.9. The second-order valence-electron chi connectivity index (χ2n) is 8.81. The molecule has 0 spiro atoms. The van der Waals surface area contributed by atoms with Crippen molar-refractivity contribution >= 4 is 28.8 Å². The van der Waals surface area contributed by atoms with Crippen molar-refractivity contribution < 1.29 is 18.7 Å². The average Bonchev–Trinajstić information content (AvgIpc) is 3.52. The Labute approximate surface area is 190 Å². The van der Waals surface area contributed by atoms with Gasteiger partial charge in [-0.15, -0.1) is 0 Å². The highest BCUT2D eigenvalue weighted by molar-refractivity contribution is 6.08. The minimum atomic E-state index is -0.337. The number of fused-ring (bicyclic) bond motifs is 6. The van der Waals surface area contributed by atoms with Gasteiger partial charge in [-0.05, 0) is 41.2 Å². The summed E-state index contributed by atoms with van der Waals surface area (Å²) in [5.74, 6) is -0.622. The van der Waals surface area contributed by atoms with Crippen molar-refractivity contribution in [1.82, 2.24) is 5.01 Å². The van der Waals surface area contributed by atoms with Crippen molar-refractivity contribution in [2.24, 2.45) is 28.8 Å². The highest BCUT2D eigenvalue weighted by atomic mass is 19.1. The van der Waals surface area contributed by atoms with Gasteiger partial charge in [0.2, 0.25) is 0 Å². The summed E-state index contributed by atoms with van der Waals surface area (Å²) >= 11 is 0. The predicted molar refractivity (Wildman–Crippen MR) is 122 cm³/mol. The zero-order valence-corrected chi connectivity index (χ0v) is 17.7. The molecule has 0 aromatic heterocycles. The zero-order valence-electron chi connectivity index (χ0n) is 17.7. The third-order valence-corrected chi connectivity index (χ3v) is 7.02. The largest absolute Gasteiger partial charge is 0.488 e. The molecular formula is C27H21FN2O3. The molecule has 164 valence electrons. The maximum atomic E-state index is 14.1. The molecule has 1 heterocycles. The molecule has 2 bridgehead atoms. The van der Waals surface area contributed by atoms with E-state index in [-0.39, 0.29) is 47.9 Å². The maximum Gasteiger partial charge on any atom is 0.254 e. The molecule has 33 heavy (non-hydrogen) atoms. The Morgan fingerprint density at radius 1 is 0.939 bits per heavy atom. The summed E-state index contributed by atoms with van der Waals surface area (Å²) in [5.41, 5.74) is 1.08. The Bertz CT molecular complexity index is 1320. The quantitative estimate of drug-likeness (QED) is 0.328. The number of halogens is 1. The Morgan fingerprint density at radius 3 is 2.39 bits per heavy atom. The van der Waals surface area contributed by atoms with Gasteiger partial charge in [0.15, 0.2) is 0 Å². The van der Waals surface area contributed by atoms with Crippen LogP contribution < -0.4 is 4.74 Å². The molecule has 3 aromatic carbocycles. The fourth-order valence-electron chi connectivity index (χ4n) is 5.42. The van der Waals surface area contributed by atoms with E-state index in [1.165, 1.54) is 12.3 Å². The number of allylic oxidation sites excluding steroid dienone is 2. The first-order chi connectivity index (χ1) is 16.1. The lowest BCUT2D eigenvalue weighted by molar-refractivity contribution is -0.140. The Kier molecular flexibility index (Phi) is 4.61. The summed E-state index contributed by atoms with van der Waals surface area (Å²) in [6.45, 7) is 0.0482. The summed E-state index contributed by atoms with van der Waals surface area (Å²) in [4.78, 5) is 26.0. The van der Waals surface area contributed by atoms with Crippen LogP contribution in [0.1, 0.15) is 17.5 Å². The highest BCUT2D eigenvalue weighted by Gasteiger charge is 2.59. The van der Waals surface area contributed by atoms with Gasteiger partial charge in [-0.1, -0.05) is 60.7 Å². The third kappa shape index (κ3) is 3.17. The molecule has 1 saturated heterocycles. The number of rotatable bonds is 5. The van der Waals surface area contributed by atoms with E-state index in [1.807, 2.05) is 30.3 Å². The number of hydrogen-bond donors (Lipinski definition) is 0. The summed E-state index contributed by atoms with van der Waals surface area (Å²) in [5, 5.41) is 7.21. The molecule has 4 atom stereocenters. The summed E-state index contributed by atoms with van der Waals surface area (Å²) in [6, 6.07) is 17.9. The summed E-state index contributed by atoms with van der Waals surface area (Å²) in [6.07, 6.45) is 6.51. The molecule has 0 N–H and O–H groups in total. The number of benzene rings is 3. The average molecular weight is 440 g/mol. The van der Waals surface area contributed by atoms with E-state index in [0.717, 1.165) is 22.2 Å². The molecule has 2 aliphatic carbocycles. The molecule has 4 unspecified atom stereocenters. The molecule has 1 aliphatic heterocycles. The lowest BCUT2D eigenvalue weighted by Crippen LogP contribution is -2.28. The van der Waals surface area contributed by atoms with Gasteiger partial charge in [-0.25, -0.2) is 4.39 Å². The van der Waals surface area contributed by atoms with Gasteiger partial charge in [-0.3, -0.25) is 9.59 Å². The summed E-state index contributed by atoms with van der Waals surface area (Å²) in [7, 11) is 0. The molecule has 6 rings (SSSR count). The zero-order chi connectivity index (χ0) is 22.5. The first-order valence-corrected chi connectivity index (χ1v) is 11.1. The van der Waals surface area contributed by atoms with Crippen LogP contribution in [0.5, 0.6) is 5.75 Å².